The van der Waals surface area contributed by atoms with Gasteiger partial charge in [0, 0.05) is 31.8 Å². The second-order valence-corrected chi connectivity index (χ2v) is 8.72. The van der Waals surface area contributed by atoms with Gasteiger partial charge in [0.1, 0.15) is 16.8 Å². The van der Waals surface area contributed by atoms with Crippen LogP contribution in [0.25, 0.3) is 11.0 Å². The van der Waals surface area contributed by atoms with Crippen molar-refractivity contribution in [2.45, 2.75) is 45.4 Å². The summed E-state index contributed by atoms with van der Waals surface area (Å²) < 4.78 is 7.56. The van der Waals surface area contributed by atoms with Crippen LogP contribution in [-0.4, -0.2) is 62.7 Å². The third-order valence-electron chi connectivity index (χ3n) is 6.08. The quantitative estimate of drug-likeness (QED) is 0.319. The lowest BCUT2D eigenvalue weighted by Crippen LogP contribution is -2.46. The van der Waals surface area contributed by atoms with E-state index >= 15 is 0 Å². The Morgan fingerprint density at radius 3 is 2.82 bits per heavy atom. The van der Waals surface area contributed by atoms with Crippen molar-refractivity contribution in [2.24, 2.45) is 11.7 Å². The molecule has 1 aliphatic heterocycles. The lowest BCUT2D eigenvalue weighted by atomic mass is 9.96. The first-order chi connectivity index (χ1) is 16.0. The topological polar surface area (TPSA) is 140 Å². The maximum atomic E-state index is 9.08. The fourth-order valence-corrected chi connectivity index (χ4v) is 4.40. The number of likely N-dealkylation sites (tertiary alicyclic amines) is 1. The first kappa shape index (κ1) is 23.2. The number of methoxy groups -OCH3 is 1. The van der Waals surface area contributed by atoms with Gasteiger partial charge in [-0.15, -0.1) is 0 Å². The van der Waals surface area contributed by atoms with Crippen LogP contribution in [0.3, 0.4) is 0 Å². The van der Waals surface area contributed by atoms with Gasteiger partial charge in [-0.05, 0) is 30.4 Å². The molecule has 0 amide bonds. The zero-order valence-corrected chi connectivity index (χ0v) is 19.4. The lowest BCUT2D eigenvalue weighted by Gasteiger charge is -2.39. The minimum absolute atomic E-state index is 0.183. The number of nitrogens with zero attached hydrogens (tertiary/aromatic N) is 5. The van der Waals surface area contributed by atoms with E-state index in [-0.39, 0.29) is 18.7 Å². The number of fused-ring (bicyclic) bond motifs is 1. The summed E-state index contributed by atoms with van der Waals surface area (Å²) in [5.74, 6) is 2.19. The number of aromatic nitrogens is 4. The number of nitrogens with two attached hydrogens (primary N) is 2. The van der Waals surface area contributed by atoms with Crippen molar-refractivity contribution in [3.8, 4) is 5.75 Å². The molecule has 6 N–H and O–H groups in total. The first-order valence-corrected chi connectivity index (χ1v) is 11.5. The van der Waals surface area contributed by atoms with E-state index in [4.69, 9.17) is 21.3 Å². The van der Waals surface area contributed by atoms with Gasteiger partial charge in [-0.1, -0.05) is 25.5 Å². The van der Waals surface area contributed by atoms with Gasteiger partial charge in [-0.2, -0.15) is 10.1 Å². The van der Waals surface area contributed by atoms with Gasteiger partial charge in [-0.3, -0.25) is 9.58 Å². The fourth-order valence-electron chi connectivity index (χ4n) is 4.40. The maximum absolute atomic E-state index is 9.08. The lowest BCUT2D eigenvalue weighted by molar-refractivity contribution is 0.0723. The molecule has 2 aromatic heterocycles. The Bertz CT molecular complexity index is 1080. The summed E-state index contributed by atoms with van der Waals surface area (Å²) in [5, 5.41) is 16.9. The van der Waals surface area contributed by atoms with E-state index in [1.165, 1.54) is 5.56 Å². The van der Waals surface area contributed by atoms with Gasteiger partial charge in [0.2, 0.25) is 5.95 Å². The minimum Gasteiger partial charge on any atom is -0.496 e. The van der Waals surface area contributed by atoms with Gasteiger partial charge in [-0.25, -0.2) is 4.98 Å². The predicted molar refractivity (Wildman–Crippen MR) is 129 cm³/mol. The molecule has 1 aliphatic rings. The number of ether oxygens (including phenoxy) is 1. The summed E-state index contributed by atoms with van der Waals surface area (Å²) in [6, 6.07) is 6.31. The molecular formula is C23H34N8O2. The molecule has 0 saturated carbocycles. The summed E-state index contributed by atoms with van der Waals surface area (Å²) in [6.45, 7) is 5.79. The van der Waals surface area contributed by atoms with E-state index in [9.17, 15) is 0 Å². The van der Waals surface area contributed by atoms with Crippen molar-refractivity contribution in [1.29, 1.82) is 0 Å². The van der Waals surface area contributed by atoms with E-state index < -0.39 is 0 Å². The molecule has 10 heteroatoms. The second-order valence-electron chi connectivity index (χ2n) is 8.72. The van der Waals surface area contributed by atoms with Crippen molar-refractivity contribution in [3.63, 3.8) is 0 Å². The number of aliphatic hydroxyl groups is 1. The number of benzene rings is 1. The van der Waals surface area contributed by atoms with Gasteiger partial charge in [0.05, 0.1) is 26.0 Å². The Hall–Kier alpha value is -2.95. The van der Waals surface area contributed by atoms with E-state index in [1.54, 1.807) is 13.3 Å². The molecule has 1 unspecified atom stereocenters. The molecular weight excluding hydrogens is 420 g/mol. The molecule has 0 radical (unpaired) electrons. The van der Waals surface area contributed by atoms with E-state index in [2.05, 4.69) is 50.4 Å². The van der Waals surface area contributed by atoms with Gasteiger partial charge in [0.25, 0.3) is 0 Å². The van der Waals surface area contributed by atoms with Crippen LogP contribution in [0.4, 0.5) is 11.8 Å². The minimum atomic E-state index is -0.233. The molecule has 0 bridgehead atoms. The fraction of sp³-hybridized carbons (Fsp3) is 0.522. The molecule has 1 saturated heterocycles. The first-order valence-electron chi connectivity index (χ1n) is 11.5. The summed E-state index contributed by atoms with van der Waals surface area (Å²) in [7, 11) is 1.69. The molecule has 33 heavy (non-hydrogen) atoms. The molecule has 10 nitrogen and oxygen atoms in total. The van der Waals surface area contributed by atoms with E-state index in [1.807, 2.05) is 4.68 Å². The number of aliphatic hydroxyl groups excluding tert-OH is 1. The highest BCUT2D eigenvalue weighted by molar-refractivity contribution is 5.86. The van der Waals surface area contributed by atoms with Crippen LogP contribution in [-0.2, 0) is 13.1 Å². The SMILES string of the molecule is CCCC(N)Nc1nc(N)nc2cnn(Cc3ccc(CN4CC(CCO)C4)cc3OC)c12. The average molecular weight is 455 g/mol. The molecule has 1 fully saturated rings. The van der Waals surface area contributed by atoms with Crippen LogP contribution in [0.1, 0.15) is 37.3 Å². The highest BCUT2D eigenvalue weighted by atomic mass is 16.5. The highest BCUT2D eigenvalue weighted by Crippen LogP contribution is 2.28. The third-order valence-corrected chi connectivity index (χ3v) is 6.08. The van der Waals surface area contributed by atoms with Crippen molar-refractivity contribution in [1.82, 2.24) is 24.6 Å². The number of anilines is 2. The van der Waals surface area contributed by atoms with Crippen LogP contribution in [0.5, 0.6) is 5.75 Å². The Kier molecular flexibility index (Phi) is 7.26. The smallest absolute Gasteiger partial charge is 0.222 e. The van der Waals surface area contributed by atoms with Crippen molar-refractivity contribution < 1.29 is 9.84 Å². The largest absolute Gasteiger partial charge is 0.496 e. The van der Waals surface area contributed by atoms with Crippen LogP contribution < -0.4 is 21.5 Å². The molecule has 0 aliphatic carbocycles. The maximum Gasteiger partial charge on any atom is 0.222 e. The monoisotopic (exact) mass is 454 g/mol. The van der Waals surface area contributed by atoms with Gasteiger partial charge < -0.3 is 26.6 Å². The molecule has 178 valence electrons. The molecule has 3 aromatic rings. The summed E-state index contributed by atoms with van der Waals surface area (Å²) >= 11 is 0. The molecule has 1 atom stereocenters. The van der Waals surface area contributed by atoms with Crippen molar-refractivity contribution >= 4 is 22.8 Å². The van der Waals surface area contributed by atoms with Crippen LogP contribution in [0.2, 0.25) is 0 Å². The zero-order chi connectivity index (χ0) is 23.4. The number of rotatable bonds is 11. The Morgan fingerprint density at radius 1 is 1.27 bits per heavy atom. The standard InChI is InChI=1S/C23H34N8O2/c1-3-4-20(24)28-22-21-18(27-23(25)29-22)10-26-31(21)14-17-6-5-15(9-19(17)33-2)11-30-12-16(13-30)7-8-32/h5-6,9-10,16,20,32H,3-4,7-8,11-14,24H2,1-2H3,(H3,25,27,28,29). The zero-order valence-electron chi connectivity index (χ0n) is 19.4. The summed E-state index contributed by atoms with van der Waals surface area (Å²) in [6.07, 6.45) is 4.11. The normalized spacial score (nSPS) is 15.5. The summed E-state index contributed by atoms with van der Waals surface area (Å²) in [4.78, 5) is 11.1. The number of nitrogen functional groups attached to an aromatic ring is 1. The second kappa shape index (κ2) is 10.3. The number of hydrogen-bond donors (Lipinski definition) is 4. The Morgan fingerprint density at radius 2 is 2.09 bits per heavy atom. The highest BCUT2D eigenvalue weighted by Gasteiger charge is 2.26. The van der Waals surface area contributed by atoms with E-state index in [0.717, 1.165) is 55.7 Å². The van der Waals surface area contributed by atoms with E-state index in [0.29, 0.717) is 23.8 Å². The van der Waals surface area contributed by atoms with Crippen LogP contribution in [0, 0.1) is 5.92 Å². The van der Waals surface area contributed by atoms with Crippen LogP contribution in [0.15, 0.2) is 24.4 Å². The number of nitrogens with one attached hydrogen (secondary N) is 1. The molecule has 1 aromatic carbocycles. The predicted octanol–water partition coefficient (Wildman–Crippen LogP) is 1.78. The average Bonchev–Trinajstić information content (AvgIpc) is 3.15. The van der Waals surface area contributed by atoms with Crippen molar-refractivity contribution in [3.05, 3.63) is 35.5 Å². The Labute approximate surface area is 193 Å². The molecule has 0 spiro atoms. The van der Waals surface area contributed by atoms with Gasteiger partial charge in [0.15, 0.2) is 5.82 Å². The van der Waals surface area contributed by atoms with Crippen molar-refractivity contribution in [2.75, 3.05) is 37.9 Å². The summed E-state index contributed by atoms with van der Waals surface area (Å²) in [5.41, 5.74) is 15.7. The van der Waals surface area contributed by atoms with Gasteiger partial charge >= 0.3 is 0 Å². The third kappa shape index (κ3) is 5.35. The van der Waals surface area contributed by atoms with Crippen LogP contribution >= 0.6 is 0 Å². The number of hydrogen-bond acceptors (Lipinski definition) is 9. The molecule has 3 heterocycles. The Balaban J connectivity index is 1.54. The molecule has 4 rings (SSSR count).